The molecule has 1 unspecified atom stereocenters. The third-order valence-corrected chi connectivity index (χ3v) is 7.12. The number of para-hydroxylation sites is 1. The Balaban J connectivity index is 1.52. The summed E-state index contributed by atoms with van der Waals surface area (Å²) >= 11 is 1.55. The summed E-state index contributed by atoms with van der Waals surface area (Å²) in [5.41, 5.74) is 5.14. The number of benzene rings is 3. The van der Waals surface area contributed by atoms with Crippen LogP contribution in [-0.2, 0) is 22.7 Å². The zero-order valence-electron chi connectivity index (χ0n) is 21.7. The number of nitrogens with zero attached hydrogens (tertiary/aromatic N) is 3. The van der Waals surface area contributed by atoms with Gasteiger partial charge in [0, 0.05) is 11.3 Å². The van der Waals surface area contributed by atoms with Crippen LogP contribution in [0.5, 0.6) is 5.75 Å². The summed E-state index contributed by atoms with van der Waals surface area (Å²) in [6.07, 6.45) is 0. The van der Waals surface area contributed by atoms with Crippen LogP contribution in [0.25, 0.3) is 0 Å². The Morgan fingerprint density at radius 2 is 1.71 bits per heavy atom. The predicted molar refractivity (Wildman–Crippen MR) is 149 cm³/mol. The first-order chi connectivity index (χ1) is 18.5. The molecule has 38 heavy (non-hydrogen) atoms. The lowest BCUT2D eigenvalue weighted by atomic mass is 9.95. The predicted octanol–water partition coefficient (Wildman–Crippen LogP) is 6.31. The van der Waals surface area contributed by atoms with E-state index in [1.165, 1.54) is 0 Å². The molecule has 5 rings (SSSR count). The molecule has 0 radical (unpaired) electrons. The number of hydrogen-bond donors (Lipinski definition) is 1. The minimum atomic E-state index is -0.568. The van der Waals surface area contributed by atoms with E-state index in [0.717, 1.165) is 28.0 Å². The van der Waals surface area contributed by atoms with Gasteiger partial charge in [0.1, 0.15) is 25.0 Å². The largest absolute Gasteiger partial charge is 0.489 e. The molecule has 0 fully saturated rings. The molecule has 2 heterocycles. The molecule has 1 aliphatic heterocycles. The maximum atomic E-state index is 13.6. The Labute approximate surface area is 226 Å². The van der Waals surface area contributed by atoms with Gasteiger partial charge in [-0.15, -0.1) is 5.10 Å². The minimum absolute atomic E-state index is 0.176. The fourth-order valence-corrected chi connectivity index (χ4v) is 4.99. The quantitative estimate of drug-likeness (QED) is 0.202. The number of anilines is 1. The van der Waals surface area contributed by atoms with Gasteiger partial charge in [-0.3, -0.25) is 0 Å². The van der Waals surface area contributed by atoms with Crippen LogP contribution in [0.15, 0.2) is 95.3 Å². The molecule has 1 aliphatic rings. The topological polar surface area (TPSA) is 78.3 Å². The van der Waals surface area contributed by atoms with Crippen molar-refractivity contribution in [2.45, 2.75) is 45.2 Å². The first-order valence-corrected chi connectivity index (χ1v) is 13.6. The second-order valence-corrected chi connectivity index (χ2v) is 10.2. The Kier molecular flexibility index (Phi) is 7.79. The maximum absolute atomic E-state index is 13.6. The van der Waals surface area contributed by atoms with Crippen molar-refractivity contribution in [1.82, 2.24) is 14.8 Å². The molecule has 4 aromatic rings. The summed E-state index contributed by atoms with van der Waals surface area (Å²) in [5, 5.41) is 8.68. The second kappa shape index (κ2) is 11.6. The smallest absolute Gasteiger partial charge is 0.338 e. The number of nitrogens with one attached hydrogen (secondary N) is 1. The SMILES string of the molecule is CCSc1nc2n(n1)C(c1ccccc1OCc1ccccc1C)C(C(=O)OCc1ccccc1)=C(C)N2. The van der Waals surface area contributed by atoms with Crippen LogP contribution in [-0.4, -0.2) is 26.5 Å². The molecule has 0 aliphatic carbocycles. The molecule has 0 spiro atoms. The third kappa shape index (κ3) is 5.45. The lowest BCUT2D eigenvalue weighted by molar-refractivity contribution is -0.140. The van der Waals surface area contributed by atoms with Crippen molar-refractivity contribution >= 4 is 23.7 Å². The zero-order valence-corrected chi connectivity index (χ0v) is 22.5. The number of ether oxygens (including phenoxy) is 2. The van der Waals surface area contributed by atoms with E-state index in [9.17, 15) is 4.79 Å². The molecule has 3 aromatic carbocycles. The van der Waals surface area contributed by atoms with Crippen LogP contribution in [0.3, 0.4) is 0 Å². The molecular formula is C30H30N4O3S. The number of carbonyl (C=O) groups is 1. The average molecular weight is 527 g/mol. The molecule has 0 amide bonds. The molecule has 194 valence electrons. The number of fused-ring (bicyclic) bond motifs is 1. The summed E-state index contributed by atoms with van der Waals surface area (Å²) in [7, 11) is 0. The highest BCUT2D eigenvalue weighted by molar-refractivity contribution is 7.99. The molecule has 0 bridgehead atoms. The fraction of sp³-hybridized carbons (Fsp3) is 0.233. The van der Waals surface area contributed by atoms with Crippen molar-refractivity contribution < 1.29 is 14.3 Å². The van der Waals surface area contributed by atoms with Crippen LogP contribution in [0, 0.1) is 6.92 Å². The van der Waals surface area contributed by atoms with Gasteiger partial charge in [0.05, 0.1) is 5.57 Å². The van der Waals surface area contributed by atoms with Crippen LogP contribution in [0.2, 0.25) is 0 Å². The van der Waals surface area contributed by atoms with Gasteiger partial charge in [0.15, 0.2) is 0 Å². The number of esters is 1. The Morgan fingerprint density at radius 3 is 2.50 bits per heavy atom. The number of aryl methyl sites for hydroxylation is 1. The van der Waals surface area contributed by atoms with Crippen LogP contribution >= 0.6 is 11.8 Å². The molecule has 8 heteroatoms. The summed E-state index contributed by atoms with van der Waals surface area (Å²) in [6.45, 7) is 6.58. The van der Waals surface area contributed by atoms with Gasteiger partial charge >= 0.3 is 5.97 Å². The van der Waals surface area contributed by atoms with E-state index >= 15 is 0 Å². The fourth-order valence-electron chi connectivity index (χ4n) is 4.44. The third-order valence-electron chi connectivity index (χ3n) is 6.40. The highest BCUT2D eigenvalue weighted by atomic mass is 32.2. The van der Waals surface area contributed by atoms with Gasteiger partial charge in [-0.1, -0.05) is 91.5 Å². The normalized spacial score (nSPS) is 14.6. The van der Waals surface area contributed by atoms with Gasteiger partial charge in [-0.2, -0.15) is 4.98 Å². The molecule has 1 N–H and O–H groups in total. The minimum Gasteiger partial charge on any atom is -0.489 e. The molecule has 1 aromatic heterocycles. The highest BCUT2D eigenvalue weighted by Gasteiger charge is 2.37. The standard InChI is InChI=1S/C30H30N4O3S/c1-4-38-30-32-29-31-21(3)26(28(35)37-18-22-13-6-5-7-14-22)27(34(29)33-30)24-16-10-11-17-25(24)36-19-23-15-9-8-12-20(23)2/h5-17,27H,4,18-19H2,1-3H3,(H,31,32,33). The van der Waals surface area contributed by atoms with Crippen LogP contribution < -0.4 is 10.1 Å². The summed E-state index contributed by atoms with van der Waals surface area (Å²) in [6, 6.07) is 25.0. The van der Waals surface area contributed by atoms with Crippen LogP contribution in [0.1, 0.15) is 42.1 Å². The number of thioether (sulfide) groups is 1. The Hall–Kier alpha value is -4.04. The lowest BCUT2D eigenvalue weighted by Crippen LogP contribution is -2.30. The van der Waals surface area contributed by atoms with Crippen molar-refractivity contribution in [1.29, 1.82) is 0 Å². The van der Waals surface area contributed by atoms with Gasteiger partial charge in [-0.05, 0) is 42.4 Å². The number of aromatic nitrogens is 3. The monoisotopic (exact) mass is 526 g/mol. The molecular weight excluding hydrogens is 496 g/mol. The number of rotatable bonds is 9. The van der Waals surface area contributed by atoms with E-state index in [1.807, 2.05) is 73.7 Å². The summed E-state index contributed by atoms with van der Waals surface area (Å²) in [5.74, 6) is 1.68. The molecule has 0 saturated heterocycles. The number of carbonyl (C=O) groups excluding carboxylic acids is 1. The summed E-state index contributed by atoms with van der Waals surface area (Å²) < 4.78 is 13.9. The van der Waals surface area contributed by atoms with Gasteiger partial charge in [-0.25, -0.2) is 9.48 Å². The van der Waals surface area contributed by atoms with Gasteiger partial charge < -0.3 is 14.8 Å². The van der Waals surface area contributed by atoms with Gasteiger partial charge in [0.25, 0.3) is 0 Å². The van der Waals surface area contributed by atoms with Crippen LogP contribution in [0.4, 0.5) is 5.95 Å². The average Bonchev–Trinajstić information content (AvgIpc) is 3.33. The Morgan fingerprint density at radius 1 is 0.974 bits per heavy atom. The van der Waals surface area contributed by atoms with Crippen molar-refractivity contribution in [3.63, 3.8) is 0 Å². The van der Waals surface area contributed by atoms with E-state index in [0.29, 0.717) is 34.7 Å². The van der Waals surface area contributed by atoms with Crippen molar-refractivity contribution in [2.24, 2.45) is 0 Å². The lowest BCUT2D eigenvalue weighted by Gasteiger charge is -2.29. The van der Waals surface area contributed by atoms with E-state index in [4.69, 9.17) is 14.6 Å². The van der Waals surface area contributed by atoms with Crippen molar-refractivity contribution in [3.05, 3.63) is 112 Å². The summed E-state index contributed by atoms with van der Waals surface area (Å²) in [4.78, 5) is 18.3. The van der Waals surface area contributed by atoms with E-state index in [-0.39, 0.29) is 6.61 Å². The number of hydrogen-bond acceptors (Lipinski definition) is 7. The molecule has 1 atom stereocenters. The van der Waals surface area contributed by atoms with E-state index < -0.39 is 12.0 Å². The highest BCUT2D eigenvalue weighted by Crippen LogP contribution is 2.40. The molecule has 7 nitrogen and oxygen atoms in total. The molecule has 0 saturated carbocycles. The maximum Gasteiger partial charge on any atom is 0.338 e. The van der Waals surface area contributed by atoms with Gasteiger partial charge in [0.2, 0.25) is 11.1 Å². The van der Waals surface area contributed by atoms with Crippen molar-refractivity contribution in [3.8, 4) is 5.75 Å². The zero-order chi connectivity index (χ0) is 26.5. The second-order valence-electron chi connectivity index (χ2n) is 8.98. The van der Waals surface area contributed by atoms with E-state index in [2.05, 4.69) is 36.3 Å². The number of allylic oxidation sites excluding steroid dienone is 1. The van der Waals surface area contributed by atoms with E-state index in [1.54, 1.807) is 16.4 Å². The first kappa shape index (κ1) is 25.6. The first-order valence-electron chi connectivity index (χ1n) is 12.6. The Bertz CT molecular complexity index is 1470. The van der Waals surface area contributed by atoms with Crippen molar-refractivity contribution in [2.75, 3.05) is 11.1 Å².